The number of carboxylic acids is 1. The number of carbonyl (C=O) groups excluding carboxylic acids is 3. The van der Waals surface area contributed by atoms with Gasteiger partial charge in [0.25, 0.3) is 5.91 Å². The minimum Gasteiger partial charge on any atom is -0.481 e. The van der Waals surface area contributed by atoms with Crippen molar-refractivity contribution >= 4 is 40.2 Å². The lowest BCUT2D eigenvalue weighted by Crippen LogP contribution is -2.46. The average molecular weight is 487 g/mol. The molecule has 0 saturated heterocycles. The van der Waals surface area contributed by atoms with Crippen LogP contribution in [0.1, 0.15) is 53.8 Å². The van der Waals surface area contributed by atoms with Gasteiger partial charge in [0.05, 0.1) is 22.8 Å². The second-order valence-electron chi connectivity index (χ2n) is 8.31. The Balaban J connectivity index is 1.43. The van der Waals surface area contributed by atoms with E-state index in [9.17, 15) is 24.3 Å². The molecule has 34 heavy (non-hydrogen) atoms. The number of thiophene rings is 1. The van der Waals surface area contributed by atoms with E-state index in [-0.39, 0.29) is 24.9 Å². The molecule has 0 spiro atoms. The van der Waals surface area contributed by atoms with Gasteiger partial charge in [-0.2, -0.15) is 0 Å². The number of amides is 4. The zero-order chi connectivity index (χ0) is 24.3. The lowest BCUT2D eigenvalue weighted by atomic mass is 9.82. The fourth-order valence-corrected chi connectivity index (χ4v) is 4.84. The van der Waals surface area contributed by atoms with Gasteiger partial charge in [0.15, 0.2) is 0 Å². The Morgan fingerprint density at radius 3 is 2.41 bits per heavy atom. The summed E-state index contributed by atoms with van der Waals surface area (Å²) in [5.41, 5.74) is 0.969. The van der Waals surface area contributed by atoms with Gasteiger partial charge < -0.3 is 21.1 Å². The van der Waals surface area contributed by atoms with E-state index >= 15 is 0 Å². The Morgan fingerprint density at radius 1 is 0.971 bits per heavy atom. The third-order valence-corrected chi connectivity index (χ3v) is 6.73. The average Bonchev–Trinajstić information content (AvgIpc) is 3.30. The summed E-state index contributed by atoms with van der Waals surface area (Å²) in [6.07, 6.45) is 4.87. The summed E-state index contributed by atoms with van der Waals surface area (Å²) in [4.78, 5) is 48.4. The Labute approximate surface area is 202 Å². The molecule has 1 fully saturated rings. The summed E-state index contributed by atoms with van der Waals surface area (Å²) in [7, 11) is 0. The second kappa shape index (κ2) is 12.7. The van der Waals surface area contributed by atoms with Gasteiger partial charge in [0.1, 0.15) is 0 Å². The molecule has 1 heterocycles. The number of hydrogen-bond donors (Lipinski definition) is 5. The van der Waals surface area contributed by atoms with Crippen LogP contribution < -0.4 is 21.3 Å². The molecule has 1 atom stereocenters. The molecule has 1 aliphatic carbocycles. The standard InChI is InChI=1S/C24H30N4O5S/c29-20(27-18(13-22(30)31)17-9-5-2-6-10-17)15-25-23(32)19-11-12-21(34-19)28-24(33)26-14-16-7-3-1-4-8-16/h1,3-4,7-8,11-12,17-18H,2,5-6,9-10,13-15H2,(H,25,32)(H,27,29)(H,30,31)(H2,26,28,33). The molecule has 1 aliphatic rings. The van der Waals surface area contributed by atoms with E-state index in [2.05, 4.69) is 21.3 Å². The van der Waals surface area contributed by atoms with Crippen LogP contribution >= 0.6 is 11.3 Å². The lowest BCUT2D eigenvalue weighted by molar-refractivity contribution is -0.138. The van der Waals surface area contributed by atoms with Gasteiger partial charge in [-0.25, -0.2) is 4.79 Å². The highest BCUT2D eigenvalue weighted by Gasteiger charge is 2.27. The van der Waals surface area contributed by atoms with Gasteiger partial charge in [-0.15, -0.1) is 11.3 Å². The summed E-state index contributed by atoms with van der Waals surface area (Å²) in [5.74, 6) is -1.67. The molecule has 9 nitrogen and oxygen atoms in total. The molecule has 5 N–H and O–H groups in total. The minimum absolute atomic E-state index is 0.128. The van der Waals surface area contributed by atoms with Crippen LogP contribution in [0.3, 0.4) is 0 Å². The van der Waals surface area contributed by atoms with Gasteiger partial charge in [-0.1, -0.05) is 49.6 Å². The van der Waals surface area contributed by atoms with Crippen LogP contribution in [0.15, 0.2) is 42.5 Å². The summed E-state index contributed by atoms with van der Waals surface area (Å²) >= 11 is 1.09. The molecule has 0 radical (unpaired) electrons. The smallest absolute Gasteiger partial charge is 0.320 e. The van der Waals surface area contributed by atoms with E-state index in [1.165, 1.54) is 0 Å². The molecule has 0 aliphatic heterocycles. The van der Waals surface area contributed by atoms with Gasteiger partial charge in [-0.3, -0.25) is 19.7 Å². The van der Waals surface area contributed by atoms with Crippen LogP contribution in [0.2, 0.25) is 0 Å². The molecule has 3 rings (SSSR count). The number of hydrogen-bond acceptors (Lipinski definition) is 5. The lowest BCUT2D eigenvalue weighted by Gasteiger charge is -2.30. The largest absolute Gasteiger partial charge is 0.481 e. The Morgan fingerprint density at radius 2 is 1.71 bits per heavy atom. The third-order valence-electron chi connectivity index (χ3n) is 5.73. The van der Waals surface area contributed by atoms with E-state index < -0.39 is 23.8 Å². The van der Waals surface area contributed by atoms with Crippen molar-refractivity contribution in [1.29, 1.82) is 0 Å². The third kappa shape index (κ3) is 8.18. The number of nitrogens with one attached hydrogen (secondary N) is 4. The van der Waals surface area contributed by atoms with Crippen molar-refractivity contribution in [3.8, 4) is 0 Å². The van der Waals surface area contributed by atoms with E-state index in [4.69, 9.17) is 0 Å². The van der Waals surface area contributed by atoms with E-state index in [0.717, 1.165) is 49.0 Å². The normalized spacial score (nSPS) is 14.6. The van der Waals surface area contributed by atoms with Crippen molar-refractivity contribution in [2.45, 2.75) is 51.1 Å². The highest BCUT2D eigenvalue weighted by Crippen LogP contribution is 2.28. The maximum Gasteiger partial charge on any atom is 0.320 e. The minimum atomic E-state index is -0.952. The molecule has 10 heteroatoms. The zero-order valence-electron chi connectivity index (χ0n) is 18.8. The van der Waals surface area contributed by atoms with Crippen LogP contribution in [-0.2, 0) is 16.1 Å². The van der Waals surface area contributed by atoms with Crippen molar-refractivity contribution in [3.05, 3.63) is 52.9 Å². The van der Waals surface area contributed by atoms with Crippen LogP contribution in [0.25, 0.3) is 0 Å². The van der Waals surface area contributed by atoms with Gasteiger partial charge >= 0.3 is 12.0 Å². The number of aliphatic carboxylic acids is 1. The van der Waals surface area contributed by atoms with Gasteiger partial charge in [0.2, 0.25) is 5.91 Å². The maximum absolute atomic E-state index is 12.4. The number of anilines is 1. The van der Waals surface area contributed by atoms with Crippen LogP contribution in [0, 0.1) is 5.92 Å². The quantitative estimate of drug-likeness (QED) is 0.351. The highest BCUT2D eigenvalue weighted by atomic mass is 32.1. The molecule has 1 saturated carbocycles. The summed E-state index contributed by atoms with van der Waals surface area (Å²) in [6.45, 7) is 0.129. The number of rotatable bonds is 10. The molecule has 182 valence electrons. The predicted molar refractivity (Wildman–Crippen MR) is 130 cm³/mol. The molecular formula is C24H30N4O5S. The number of urea groups is 1. The molecular weight excluding hydrogens is 456 g/mol. The zero-order valence-corrected chi connectivity index (χ0v) is 19.7. The molecule has 1 unspecified atom stereocenters. The Hall–Kier alpha value is -3.40. The van der Waals surface area contributed by atoms with Crippen LogP contribution in [0.4, 0.5) is 9.80 Å². The van der Waals surface area contributed by atoms with Gasteiger partial charge in [-0.05, 0) is 36.5 Å². The van der Waals surface area contributed by atoms with Crippen molar-refractivity contribution in [3.63, 3.8) is 0 Å². The van der Waals surface area contributed by atoms with Crippen molar-refractivity contribution in [1.82, 2.24) is 16.0 Å². The molecule has 1 aromatic carbocycles. The van der Waals surface area contributed by atoms with Crippen molar-refractivity contribution in [2.24, 2.45) is 5.92 Å². The fraction of sp³-hybridized carbons (Fsp3) is 0.417. The maximum atomic E-state index is 12.4. The van der Waals surface area contributed by atoms with Gasteiger partial charge in [0, 0.05) is 12.6 Å². The predicted octanol–water partition coefficient (Wildman–Crippen LogP) is 3.34. The molecule has 1 aromatic heterocycles. The second-order valence-corrected chi connectivity index (χ2v) is 9.39. The topological polar surface area (TPSA) is 137 Å². The molecule has 2 aromatic rings. The summed E-state index contributed by atoms with van der Waals surface area (Å²) in [6, 6.07) is 11.9. The molecule has 4 amide bonds. The summed E-state index contributed by atoms with van der Waals surface area (Å²) < 4.78 is 0. The SMILES string of the molecule is O=C(O)CC(NC(=O)CNC(=O)c1ccc(NC(=O)NCc2ccccc2)s1)C1CCCCC1. The number of carbonyl (C=O) groups is 4. The molecule has 0 bridgehead atoms. The first-order valence-corrected chi connectivity index (χ1v) is 12.2. The van der Waals surface area contributed by atoms with Crippen molar-refractivity contribution < 1.29 is 24.3 Å². The Kier molecular flexibility index (Phi) is 9.45. The first-order chi connectivity index (χ1) is 16.4. The first kappa shape index (κ1) is 25.2. The van der Waals surface area contributed by atoms with Crippen LogP contribution in [-0.4, -0.2) is 41.5 Å². The monoisotopic (exact) mass is 486 g/mol. The number of benzene rings is 1. The first-order valence-electron chi connectivity index (χ1n) is 11.4. The van der Waals surface area contributed by atoms with Crippen molar-refractivity contribution in [2.75, 3.05) is 11.9 Å². The fourth-order valence-electron chi connectivity index (χ4n) is 4.03. The summed E-state index contributed by atoms with van der Waals surface area (Å²) in [5, 5.41) is 20.5. The number of carboxylic acid groups (broad SMARTS) is 1. The highest BCUT2D eigenvalue weighted by molar-refractivity contribution is 7.18. The van der Waals surface area contributed by atoms with E-state index in [1.807, 2.05) is 30.3 Å². The Bertz CT molecular complexity index is 988. The van der Waals surface area contributed by atoms with E-state index in [1.54, 1.807) is 12.1 Å². The van der Waals surface area contributed by atoms with Crippen LogP contribution in [0.5, 0.6) is 0 Å². The van der Waals surface area contributed by atoms with E-state index in [0.29, 0.717) is 16.4 Å².